The van der Waals surface area contributed by atoms with Gasteiger partial charge in [-0.05, 0) is 54.9 Å². The summed E-state index contributed by atoms with van der Waals surface area (Å²) in [5.41, 5.74) is 2.21. The molecule has 11 heteroatoms. The molecule has 5 rings (SSSR count). The molecule has 0 atom stereocenters. The van der Waals surface area contributed by atoms with Gasteiger partial charge in [-0.25, -0.2) is 8.42 Å². The van der Waals surface area contributed by atoms with Gasteiger partial charge in [-0.3, -0.25) is 14.5 Å². The predicted octanol–water partition coefficient (Wildman–Crippen LogP) is 2.13. The lowest BCUT2D eigenvalue weighted by Crippen LogP contribution is -2.46. The summed E-state index contributed by atoms with van der Waals surface area (Å²) in [6, 6.07) is 14.8. The maximum atomic E-state index is 12.9. The van der Waals surface area contributed by atoms with E-state index in [2.05, 4.69) is 19.9 Å². The van der Waals surface area contributed by atoms with Crippen LogP contribution in [0.4, 0.5) is 11.4 Å². The number of nitrogens with zero attached hydrogens (tertiary/aromatic N) is 3. The molecule has 3 heterocycles. The second-order valence-electron chi connectivity index (χ2n) is 8.53. The van der Waals surface area contributed by atoms with Gasteiger partial charge in [-0.1, -0.05) is 18.2 Å². The van der Waals surface area contributed by atoms with E-state index >= 15 is 0 Å². The van der Waals surface area contributed by atoms with Crippen molar-refractivity contribution in [3.05, 3.63) is 54.1 Å². The molecule has 2 aromatic carbocycles. The Hall–Kier alpha value is -2.89. The van der Waals surface area contributed by atoms with Gasteiger partial charge in [-0.2, -0.15) is 0 Å². The number of anilines is 2. The molecule has 2 amide bonds. The molecule has 0 unspecified atom stereocenters. The summed E-state index contributed by atoms with van der Waals surface area (Å²) in [7, 11) is -3.41. The highest BCUT2D eigenvalue weighted by Crippen LogP contribution is 2.42. The van der Waals surface area contributed by atoms with Crippen LogP contribution in [0.1, 0.15) is 23.2 Å². The quantitative estimate of drug-likeness (QED) is 0.648. The molecule has 3 aliphatic heterocycles. The first-order chi connectivity index (χ1) is 16.4. The highest BCUT2D eigenvalue weighted by molar-refractivity contribution is 8.15. The number of carbonyl (C=O) groups excluding carboxylic acids is 2. The van der Waals surface area contributed by atoms with E-state index < -0.39 is 10.0 Å². The van der Waals surface area contributed by atoms with Crippen LogP contribution in [-0.2, 0) is 14.8 Å². The number of amides is 2. The van der Waals surface area contributed by atoms with Crippen molar-refractivity contribution in [1.29, 1.82) is 0 Å². The van der Waals surface area contributed by atoms with Crippen molar-refractivity contribution in [2.75, 3.05) is 42.1 Å². The molecule has 1 fully saturated rings. The molecule has 34 heavy (non-hydrogen) atoms. The van der Waals surface area contributed by atoms with Gasteiger partial charge < -0.3 is 15.5 Å². The standard InChI is InChI=1S/C23H25N5O4S2/c29-21(24-17-4-2-1-3-5-17)15-27-10-8-18(9-11-27)25-22(30)16-6-7-19-20(14-16)33-23-26-34(31,32)13-12-28(19)23/h1-7,14,18H,8-13,15H2,(H,24,29)(H,25,30). The number of carbonyl (C=O) groups is 2. The molecule has 0 bridgehead atoms. The van der Waals surface area contributed by atoms with Crippen LogP contribution >= 0.6 is 11.8 Å². The summed E-state index contributed by atoms with van der Waals surface area (Å²) in [4.78, 5) is 29.9. The zero-order valence-corrected chi connectivity index (χ0v) is 20.1. The van der Waals surface area contributed by atoms with Crippen molar-refractivity contribution >= 4 is 50.1 Å². The monoisotopic (exact) mass is 499 g/mol. The summed E-state index contributed by atoms with van der Waals surface area (Å²) < 4.78 is 27.4. The minimum atomic E-state index is -3.41. The van der Waals surface area contributed by atoms with Crippen molar-refractivity contribution in [3.8, 4) is 0 Å². The lowest BCUT2D eigenvalue weighted by molar-refractivity contribution is -0.117. The highest BCUT2D eigenvalue weighted by atomic mass is 32.2. The van der Waals surface area contributed by atoms with Gasteiger partial charge in [0.1, 0.15) is 0 Å². The van der Waals surface area contributed by atoms with Crippen LogP contribution in [0.5, 0.6) is 0 Å². The van der Waals surface area contributed by atoms with Crippen molar-refractivity contribution in [3.63, 3.8) is 0 Å². The maximum absolute atomic E-state index is 12.9. The van der Waals surface area contributed by atoms with Crippen LogP contribution in [0.3, 0.4) is 0 Å². The minimum absolute atomic E-state index is 0.00858. The summed E-state index contributed by atoms with van der Waals surface area (Å²) in [5.74, 6) is -0.202. The molecule has 0 aliphatic carbocycles. The minimum Gasteiger partial charge on any atom is -0.349 e. The van der Waals surface area contributed by atoms with E-state index in [-0.39, 0.29) is 23.6 Å². The fourth-order valence-corrected chi connectivity index (χ4v) is 6.60. The van der Waals surface area contributed by atoms with Crippen LogP contribution in [0, 0.1) is 0 Å². The molecule has 0 spiro atoms. The van der Waals surface area contributed by atoms with Crippen LogP contribution in [0.15, 0.2) is 57.8 Å². The molecule has 2 N–H and O–H groups in total. The van der Waals surface area contributed by atoms with Crippen LogP contribution < -0.4 is 15.5 Å². The van der Waals surface area contributed by atoms with Crippen LogP contribution in [0.2, 0.25) is 0 Å². The molecule has 0 radical (unpaired) electrons. The molecular formula is C23H25N5O4S2. The van der Waals surface area contributed by atoms with Crippen molar-refractivity contribution in [2.45, 2.75) is 23.8 Å². The van der Waals surface area contributed by atoms with E-state index in [1.807, 2.05) is 41.3 Å². The number of thioether (sulfide) groups is 1. The lowest BCUT2D eigenvalue weighted by atomic mass is 10.0. The van der Waals surface area contributed by atoms with Crippen LogP contribution in [0.25, 0.3) is 0 Å². The molecule has 0 saturated carbocycles. The summed E-state index contributed by atoms with van der Waals surface area (Å²) in [6.07, 6.45) is 1.54. The number of benzene rings is 2. The fourth-order valence-electron chi connectivity index (χ4n) is 4.30. The second kappa shape index (κ2) is 9.40. The SMILES string of the molecule is O=C(CN1CCC(NC(=O)c2ccc3c(c2)SC2=NS(=O)(=O)CCN23)CC1)Nc1ccccc1. The van der Waals surface area contributed by atoms with Crippen molar-refractivity contribution < 1.29 is 18.0 Å². The number of likely N-dealkylation sites (tertiary alicyclic amines) is 1. The van der Waals surface area contributed by atoms with E-state index in [1.54, 1.807) is 12.1 Å². The Labute approximate surface area is 202 Å². The molecule has 9 nitrogen and oxygen atoms in total. The van der Waals surface area contributed by atoms with Gasteiger partial charge in [0, 0.05) is 41.8 Å². The number of nitrogens with one attached hydrogen (secondary N) is 2. The van der Waals surface area contributed by atoms with Gasteiger partial charge in [0.15, 0.2) is 5.17 Å². The average Bonchev–Trinajstić information content (AvgIpc) is 3.16. The molecule has 3 aliphatic rings. The number of hydrogen-bond acceptors (Lipinski definition) is 7. The molecular weight excluding hydrogens is 474 g/mol. The van der Waals surface area contributed by atoms with E-state index in [0.717, 1.165) is 42.2 Å². The molecule has 178 valence electrons. The first-order valence-corrected chi connectivity index (χ1v) is 13.6. The smallest absolute Gasteiger partial charge is 0.257 e. The molecule has 0 aromatic heterocycles. The Morgan fingerprint density at radius 2 is 1.82 bits per heavy atom. The summed E-state index contributed by atoms with van der Waals surface area (Å²) >= 11 is 1.28. The van der Waals surface area contributed by atoms with E-state index in [0.29, 0.717) is 23.8 Å². The lowest BCUT2D eigenvalue weighted by Gasteiger charge is -2.31. The predicted molar refractivity (Wildman–Crippen MR) is 133 cm³/mol. The Balaban J connectivity index is 1.13. The number of rotatable bonds is 5. The summed E-state index contributed by atoms with van der Waals surface area (Å²) in [6.45, 7) is 2.16. The second-order valence-corrected chi connectivity index (χ2v) is 11.3. The number of amidine groups is 1. The van der Waals surface area contributed by atoms with Gasteiger partial charge in [0.05, 0.1) is 18.0 Å². The third-order valence-corrected chi connectivity index (χ3v) is 8.39. The third-order valence-electron chi connectivity index (χ3n) is 6.08. The zero-order chi connectivity index (χ0) is 23.7. The number of para-hydroxylation sites is 1. The topological polar surface area (TPSA) is 111 Å². The normalized spacial score (nSPS) is 19.6. The highest BCUT2D eigenvalue weighted by Gasteiger charge is 2.33. The van der Waals surface area contributed by atoms with Gasteiger partial charge in [-0.15, -0.1) is 4.40 Å². The van der Waals surface area contributed by atoms with Crippen molar-refractivity contribution in [2.24, 2.45) is 4.40 Å². The van der Waals surface area contributed by atoms with Crippen LogP contribution in [-0.4, -0.2) is 68.3 Å². The fraction of sp³-hybridized carbons (Fsp3) is 0.348. The van der Waals surface area contributed by atoms with Gasteiger partial charge in [0.25, 0.3) is 15.9 Å². The number of sulfonamides is 1. The summed E-state index contributed by atoms with van der Waals surface area (Å²) in [5, 5.41) is 6.45. The van der Waals surface area contributed by atoms with E-state index in [4.69, 9.17) is 0 Å². The molecule has 1 saturated heterocycles. The Bertz CT molecular complexity index is 1240. The Morgan fingerprint density at radius 1 is 1.06 bits per heavy atom. The van der Waals surface area contributed by atoms with Gasteiger partial charge >= 0.3 is 0 Å². The largest absolute Gasteiger partial charge is 0.349 e. The number of hydrogen-bond donors (Lipinski definition) is 2. The first kappa shape index (κ1) is 22.9. The number of fused-ring (bicyclic) bond motifs is 3. The number of piperidine rings is 1. The van der Waals surface area contributed by atoms with Gasteiger partial charge in [0.2, 0.25) is 5.91 Å². The Kier molecular flexibility index (Phi) is 6.32. The maximum Gasteiger partial charge on any atom is 0.257 e. The zero-order valence-electron chi connectivity index (χ0n) is 18.4. The van der Waals surface area contributed by atoms with E-state index in [9.17, 15) is 18.0 Å². The third kappa shape index (κ3) is 5.11. The average molecular weight is 500 g/mol. The van der Waals surface area contributed by atoms with Crippen molar-refractivity contribution in [1.82, 2.24) is 10.2 Å². The van der Waals surface area contributed by atoms with E-state index in [1.165, 1.54) is 11.8 Å². The molecule has 2 aromatic rings. The Morgan fingerprint density at radius 3 is 2.59 bits per heavy atom. The first-order valence-electron chi connectivity index (χ1n) is 11.2.